The summed E-state index contributed by atoms with van der Waals surface area (Å²) in [6.45, 7) is 1.78. The molecule has 0 spiro atoms. The van der Waals surface area contributed by atoms with Crippen LogP contribution in [0.2, 0.25) is 0 Å². The van der Waals surface area contributed by atoms with E-state index in [0.29, 0.717) is 6.42 Å². The molecular formula is C19H22O5. The van der Waals surface area contributed by atoms with Gasteiger partial charge in [-0.15, -0.1) is 0 Å². The van der Waals surface area contributed by atoms with Gasteiger partial charge in [-0.1, -0.05) is 48.9 Å². The van der Waals surface area contributed by atoms with Crippen LogP contribution in [0, 0.1) is 11.3 Å². The molecule has 5 nitrogen and oxygen atoms in total. The molecule has 0 amide bonds. The van der Waals surface area contributed by atoms with E-state index in [1.54, 1.807) is 6.92 Å². The standard InChI is InChI=1S/C19H22O5/c1-4-16(20)15-12-19(17(21)23-2,18(22)24-3)11-14(15)10-13-8-6-5-7-9-13/h5-10,15H,4,11-12H2,1-3H3/b14-10-. The van der Waals surface area contributed by atoms with Crippen LogP contribution in [0.5, 0.6) is 0 Å². The lowest BCUT2D eigenvalue weighted by molar-refractivity contribution is -0.168. The Kier molecular flexibility index (Phi) is 5.54. The lowest BCUT2D eigenvalue weighted by Gasteiger charge is -2.22. The third-order valence-corrected chi connectivity index (χ3v) is 4.55. The second-order valence-electron chi connectivity index (χ2n) is 5.95. The second-order valence-corrected chi connectivity index (χ2v) is 5.95. The maximum atomic E-state index is 12.4. The van der Waals surface area contributed by atoms with E-state index in [9.17, 15) is 14.4 Å². The number of carbonyl (C=O) groups is 3. The smallest absolute Gasteiger partial charge is 0.323 e. The molecule has 0 radical (unpaired) electrons. The summed E-state index contributed by atoms with van der Waals surface area (Å²) in [6.07, 6.45) is 2.45. The molecule has 1 fully saturated rings. The average molecular weight is 330 g/mol. The van der Waals surface area contributed by atoms with Crippen molar-refractivity contribution in [2.24, 2.45) is 11.3 Å². The Hall–Kier alpha value is -2.43. The minimum Gasteiger partial charge on any atom is -0.468 e. The Balaban J connectivity index is 2.49. The number of ether oxygens (including phenoxy) is 2. The Morgan fingerprint density at radius 1 is 1.12 bits per heavy atom. The van der Waals surface area contributed by atoms with Crippen molar-refractivity contribution in [3.05, 3.63) is 41.5 Å². The molecule has 0 N–H and O–H groups in total. The van der Waals surface area contributed by atoms with Gasteiger partial charge in [0, 0.05) is 12.3 Å². The molecule has 1 saturated carbocycles. The molecule has 5 heteroatoms. The van der Waals surface area contributed by atoms with Gasteiger partial charge in [-0.2, -0.15) is 0 Å². The number of benzene rings is 1. The topological polar surface area (TPSA) is 69.7 Å². The van der Waals surface area contributed by atoms with Crippen LogP contribution in [-0.4, -0.2) is 31.9 Å². The maximum Gasteiger partial charge on any atom is 0.323 e. The highest BCUT2D eigenvalue weighted by atomic mass is 16.5. The molecule has 1 aliphatic rings. The van der Waals surface area contributed by atoms with Crippen LogP contribution in [0.3, 0.4) is 0 Å². The fraction of sp³-hybridized carbons (Fsp3) is 0.421. The molecule has 128 valence electrons. The minimum absolute atomic E-state index is 0.00635. The van der Waals surface area contributed by atoms with Gasteiger partial charge in [-0.05, 0) is 18.4 Å². The number of ketones is 1. The Morgan fingerprint density at radius 2 is 1.71 bits per heavy atom. The molecule has 1 aliphatic carbocycles. The normalized spacial score (nSPS) is 20.6. The first kappa shape index (κ1) is 17.9. The first-order valence-corrected chi connectivity index (χ1v) is 7.93. The first-order valence-electron chi connectivity index (χ1n) is 7.93. The zero-order valence-corrected chi connectivity index (χ0v) is 14.2. The van der Waals surface area contributed by atoms with E-state index in [1.807, 2.05) is 36.4 Å². The molecule has 24 heavy (non-hydrogen) atoms. The van der Waals surface area contributed by atoms with Crippen molar-refractivity contribution in [3.8, 4) is 0 Å². The molecule has 1 aromatic carbocycles. The van der Waals surface area contributed by atoms with Crippen LogP contribution in [-0.2, 0) is 23.9 Å². The van der Waals surface area contributed by atoms with Gasteiger partial charge in [0.05, 0.1) is 14.2 Å². The van der Waals surface area contributed by atoms with Crippen molar-refractivity contribution in [2.75, 3.05) is 14.2 Å². The summed E-state index contributed by atoms with van der Waals surface area (Å²) < 4.78 is 9.68. The van der Waals surface area contributed by atoms with Crippen molar-refractivity contribution in [3.63, 3.8) is 0 Å². The van der Waals surface area contributed by atoms with Crippen LogP contribution in [0.1, 0.15) is 31.7 Å². The molecule has 0 heterocycles. The largest absolute Gasteiger partial charge is 0.468 e. The Morgan fingerprint density at radius 3 is 2.21 bits per heavy atom. The van der Waals surface area contributed by atoms with Crippen LogP contribution < -0.4 is 0 Å². The van der Waals surface area contributed by atoms with E-state index < -0.39 is 23.3 Å². The van der Waals surface area contributed by atoms with Gasteiger partial charge in [0.2, 0.25) is 0 Å². The number of esters is 2. The molecule has 1 aromatic rings. The summed E-state index contributed by atoms with van der Waals surface area (Å²) in [7, 11) is 2.48. The van der Waals surface area contributed by atoms with Crippen LogP contribution in [0.25, 0.3) is 6.08 Å². The number of hydrogen-bond acceptors (Lipinski definition) is 5. The first-order chi connectivity index (χ1) is 11.5. The summed E-state index contributed by atoms with van der Waals surface area (Å²) in [6, 6.07) is 9.52. The van der Waals surface area contributed by atoms with Crippen molar-refractivity contribution in [2.45, 2.75) is 26.2 Å². The number of methoxy groups -OCH3 is 2. The number of allylic oxidation sites excluding steroid dienone is 1. The zero-order valence-electron chi connectivity index (χ0n) is 14.2. The van der Waals surface area contributed by atoms with E-state index >= 15 is 0 Å². The van der Waals surface area contributed by atoms with Crippen LogP contribution in [0.15, 0.2) is 35.9 Å². The average Bonchev–Trinajstić information content (AvgIpc) is 3.01. The van der Waals surface area contributed by atoms with E-state index in [1.165, 1.54) is 14.2 Å². The number of rotatable bonds is 5. The van der Waals surface area contributed by atoms with Gasteiger partial charge in [0.15, 0.2) is 5.41 Å². The molecular weight excluding hydrogens is 308 g/mol. The highest BCUT2D eigenvalue weighted by Gasteiger charge is 2.56. The number of hydrogen-bond donors (Lipinski definition) is 0. The monoisotopic (exact) mass is 330 g/mol. The highest BCUT2D eigenvalue weighted by Crippen LogP contribution is 2.48. The van der Waals surface area contributed by atoms with Gasteiger partial charge >= 0.3 is 11.9 Å². The summed E-state index contributed by atoms with van der Waals surface area (Å²) in [5, 5.41) is 0. The lowest BCUT2D eigenvalue weighted by atomic mass is 9.84. The second kappa shape index (κ2) is 7.43. The van der Waals surface area contributed by atoms with Gasteiger partial charge in [0.1, 0.15) is 5.78 Å². The van der Waals surface area contributed by atoms with E-state index in [4.69, 9.17) is 9.47 Å². The molecule has 1 atom stereocenters. The van der Waals surface area contributed by atoms with Crippen molar-refractivity contribution in [1.82, 2.24) is 0 Å². The van der Waals surface area contributed by atoms with Gasteiger partial charge in [0.25, 0.3) is 0 Å². The van der Waals surface area contributed by atoms with E-state index in [0.717, 1.165) is 11.1 Å². The fourth-order valence-electron chi connectivity index (χ4n) is 3.29. The van der Waals surface area contributed by atoms with Gasteiger partial charge < -0.3 is 9.47 Å². The molecule has 0 bridgehead atoms. The quantitative estimate of drug-likeness (QED) is 0.613. The predicted molar refractivity (Wildman–Crippen MR) is 88.9 cm³/mol. The molecule has 2 rings (SSSR count). The summed E-state index contributed by atoms with van der Waals surface area (Å²) in [5.74, 6) is -1.78. The van der Waals surface area contributed by atoms with Crippen molar-refractivity contribution in [1.29, 1.82) is 0 Å². The predicted octanol–water partition coefficient (Wildman–Crippen LogP) is 2.79. The highest BCUT2D eigenvalue weighted by molar-refractivity contribution is 6.03. The number of carbonyl (C=O) groups excluding carboxylic acids is 3. The van der Waals surface area contributed by atoms with Crippen molar-refractivity contribution < 1.29 is 23.9 Å². The van der Waals surface area contributed by atoms with E-state index in [-0.39, 0.29) is 18.6 Å². The lowest BCUT2D eigenvalue weighted by Crippen LogP contribution is -2.39. The minimum atomic E-state index is -1.44. The third kappa shape index (κ3) is 3.25. The molecule has 0 saturated heterocycles. The SMILES string of the molecule is CCC(=O)C1CC(C(=O)OC)(C(=O)OC)C/C1=C/c1ccccc1. The Labute approximate surface area is 141 Å². The zero-order chi connectivity index (χ0) is 17.7. The Bertz CT molecular complexity index is 644. The summed E-state index contributed by atoms with van der Waals surface area (Å²) >= 11 is 0. The summed E-state index contributed by atoms with van der Waals surface area (Å²) in [5.41, 5.74) is 0.246. The van der Waals surface area contributed by atoms with Crippen LogP contribution >= 0.6 is 0 Å². The van der Waals surface area contributed by atoms with Gasteiger partial charge in [-0.3, -0.25) is 14.4 Å². The molecule has 0 aliphatic heterocycles. The summed E-state index contributed by atoms with van der Waals surface area (Å²) in [4.78, 5) is 37.0. The van der Waals surface area contributed by atoms with E-state index in [2.05, 4.69) is 0 Å². The van der Waals surface area contributed by atoms with Crippen molar-refractivity contribution >= 4 is 23.8 Å². The van der Waals surface area contributed by atoms with Crippen LogP contribution in [0.4, 0.5) is 0 Å². The maximum absolute atomic E-state index is 12.4. The fourth-order valence-corrected chi connectivity index (χ4v) is 3.29. The number of Topliss-reactive ketones (excluding diaryl/α,β-unsaturated/α-hetero) is 1. The molecule has 0 aromatic heterocycles. The van der Waals surface area contributed by atoms with Gasteiger partial charge in [-0.25, -0.2) is 0 Å². The third-order valence-electron chi connectivity index (χ3n) is 4.55. The molecule has 1 unspecified atom stereocenters.